The van der Waals surface area contributed by atoms with E-state index in [1.807, 2.05) is 7.05 Å². The molecule has 1 aromatic rings. The van der Waals surface area contributed by atoms with Crippen LogP contribution in [0.2, 0.25) is 0 Å². The van der Waals surface area contributed by atoms with Crippen molar-refractivity contribution in [3.8, 4) is 0 Å². The lowest BCUT2D eigenvalue weighted by atomic mass is 10.2. The van der Waals surface area contributed by atoms with E-state index >= 15 is 0 Å². The van der Waals surface area contributed by atoms with Crippen molar-refractivity contribution in [2.24, 2.45) is 0 Å². The zero-order valence-electron chi connectivity index (χ0n) is 12.9. The molecule has 1 unspecified atom stereocenters. The first-order valence-electron chi connectivity index (χ1n) is 6.88. The summed E-state index contributed by atoms with van der Waals surface area (Å²) in [5, 5.41) is 3.31. The summed E-state index contributed by atoms with van der Waals surface area (Å²) < 4.78 is 5.22. The highest BCUT2D eigenvalue weighted by atomic mass is 16.5. The normalized spacial score (nSPS) is 12.3. The highest BCUT2D eigenvalue weighted by molar-refractivity contribution is 5.58. The van der Waals surface area contributed by atoms with Crippen LogP contribution in [0.1, 0.15) is 32.2 Å². The Labute approximate surface area is 116 Å². The van der Waals surface area contributed by atoms with E-state index in [0.29, 0.717) is 6.61 Å². The number of anilines is 2. The fourth-order valence-electron chi connectivity index (χ4n) is 1.95. The van der Waals surface area contributed by atoms with E-state index in [9.17, 15) is 0 Å². The number of ether oxygens (including phenoxy) is 1. The van der Waals surface area contributed by atoms with E-state index in [1.54, 1.807) is 7.11 Å². The Morgan fingerprint density at radius 1 is 1.32 bits per heavy atom. The number of hydrogen-bond acceptors (Lipinski definition) is 5. The van der Waals surface area contributed by atoms with Crippen molar-refractivity contribution in [3.05, 3.63) is 11.4 Å². The van der Waals surface area contributed by atoms with Crippen molar-refractivity contribution in [2.75, 3.05) is 37.5 Å². The van der Waals surface area contributed by atoms with Crippen LogP contribution in [0.25, 0.3) is 0 Å². The van der Waals surface area contributed by atoms with Gasteiger partial charge in [-0.05, 0) is 20.8 Å². The highest BCUT2D eigenvalue weighted by Crippen LogP contribution is 2.24. The minimum Gasteiger partial charge on any atom is -0.383 e. The number of aromatic nitrogens is 2. The molecule has 19 heavy (non-hydrogen) atoms. The molecule has 0 fully saturated rings. The second kappa shape index (κ2) is 7.28. The van der Waals surface area contributed by atoms with Gasteiger partial charge in [-0.25, -0.2) is 9.97 Å². The summed E-state index contributed by atoms with van der Waals surface area (Å²) in [6.07, 6.45) is 0.832. The molecule has 0 saturated heterocycles. The van der Waals surface area contributed by atoms with Crippen LogP contribution in [0.3, 0.4) is 0 Å². The third kappa shape index (κ3) is 3.80. The van der Waals surface area contributed by atoms with Gasteiger partial charge in [-0.15, -0.1) is 0 Å². The monoisotopic (exact) mass is 266 g/mol. The van der Waals surface area contributed by atoms with Crippen molar-refractivity contribution in [3.63, 3.8) is 0 Å². The predicted molar refractivity (Wildman–Crippen MR) is 80.1 cm³/mol. The van der Waals surface area contributed by atoms with Crippen molar-refractivity contribution >= 4 is 11.6 Å². The molecule has 5 heteroatoms. The molecular formula is C14H26N4O. The first kappa shape index (κ1) is 15.7. The fraction of sp³-hybridized carbons (Fsp3) is 0.714. The maximum Gasteiger partial charge on any atom is 0.137 e. The van der Waals surface area contributed by atoms with Gasteiger partial charge in [0, 0.05) is 32.7 Å². The smallest absolute Gasteiger partial charge is 0.137 e. The molecule has 0 spiro atoms. The van der Waals surface area contributed by atoms with Crippen molar-refractivity contribution in [1.29, 1.82) is 0 Å². The summed E-state index contributed by atoms with van der Waals surface area (Å²) in [5.41, 5.74) is 1.09. The quantitative estimate of drug-likeness (QED) is 0.820. The maximum atomic E-state index is 5.22. The second-order valence-electron chi connectivity index (χ2n) is 4.74. The van der Waals surface area contributed by atoms with E-state index in [4.69, 9.17) is 4.74 Å². The Balaban J connectivity index is 3.13. The van der Waals surface area contributed by atoms with Gasteiger partial charge in [-0.1, -0.05) is 6.92 Å². The highest BCUT2D eigenvalue weighted by Gasteiger charge is 2.17. The van der Waals surface area contributed by atoms with Crippen LogP contribution in [0.5, 0.6) is 0 Å². The molecule has 5 nitrogen and oxygen atoms in total. The predicted octanol–water partition coefficient (Wildman–Crippen LogP) is 2.25. The number of hydrogen-bond donors (Lipinski definition) is 1. The van der Waals surface area contributed by atoms with Crippen molar-refractivity contribution < 1.29 is 4.74 Å². The molecule has 1 heterocycles. The van der Waals surface area contributed by atoms with E-state index in [2.05, 4.69) is 47.9 Å². The fourth-order valence-corrected chi connectivity index (χ4v) is 1.95. The van der Waals surface area contributed by atoms with Crippen LogP contribution in [0, 0.1) is 6.92 Å². The topological polar surface area (TPSA) is 50.3 Å². The number of aryl methyl sites for hydroxylation is 1. The van der Waals surface area contributed by atoms with Crippen molar-refractivity contribution in [1.82, 2.24) is 9.97 Å². The van der Waals surface area contributed by atoms with E-state index in [0.717, 1.165) is 36.0 Å². The lowest BCUT2D eigenvalue weighted by Crippen LogP contribution is -2.34. The number of rotatable bonds is 7. The van der Waals surface area contributed by atoms with Crippen LogP contribution >= 0.6 is 0 Å². The van der Waals surface area contributed by atoms with Gasteiger partial charge in [-0.2, -0.15) is 0 Å². The number of nitrogens with one attached hydrogen (secondary N) is 1. The maximum absolute atomic E-state index is 5.22. The van der Waals surface area contributed by atoms with E-state index in [1.165, 1.54) is 0 Å². The summed E-state index contributed by atoms with van der Waals surface area (Å²) in [4.78, 5) is 11.4. The van der Waals surface area contributed by atoms with Crippen LogP contribution < -0.4 is 10.2 Å². The molecule has 0 aliphatic heterocycles. The first-order valence-corrected chi connectivity index (χ1v) is 6.88. The van der Waals surface area contributed by atoms with Gasteiger partial charge in [0.15, 0.2) is 0 Å². The number of likely N-dealkylation sites (N-methyl/N-ethyl adjacent to an activating group) is 1. The van der Waals surface area contributed by atoms with Crippen molar-refractivity contribution in [2.45, 2.75) is 40.2 Å². The standard InChI is InChI=1S/C14H26N4O/c1-7-12-16-13(15-8-2)11(4)14(17-12)18(5)10(3)9-19-6/h10H,7-9H2,1-6H3,(H,15,16,17). The third-order valence-electron chi connectivity index (χ3n) is 3.23. The number of methoxy groups -OCH3 is 1. The van der Waals surface area contributed by atoms with Gasteiger partial charge in [0.05, 0.1) is 12.6 Å². The van der Waals surface area contributed by atoms with Gasteiger partial charge in [0.2, 0.25) is 0 Å². The molecule has 1 rings (SSSR count). The molecule has 1 aromatic heterocycles. The van der Waals surface area contributed by atoms with Gasteiger partial charge < -0.3 is 15.0 Å². The molecular weight excluding hydrogens is 240 g/mol. The minimum absolute atomic E-state index is 0.276. The second-order valence-corrected chi connectivity index (χ2v) is 4.74. The summed E-state index contributed by atoms with van der Waals surface area (Å²) in [5.74, 6) is 2.78. The minimum atomic E-state index is 0.276. The van der Waals surface area contributed by atoms with Gasteiger partial charge in [0.25, 0.3) is 0 Å². The number of nitrogens with zero attached hydrogens (tertiary/aromatic N) is 3. The Morgan fingerprint density at radius 2 is 2.00 bits per heavy atom. The molecule has 1 N–H and O–H groups in total. The lowest BCUT2D eigenvalue weighted by molar-refractivity contribution is 0.183. The summed E-state index contributed by atoms with van der Waals surface area (Å²) in [6.45, 7) is 9.87. The molecule has 1 atom stereocenters. The lowest BCUT2D eigenvalue weighted by Gasteiger charge is -2.27. The summed E-state index contributed by atoms with van der Waals surface area (Å²) in [6, 6.07) is 0.276. The van der Waals surface area contributed by atoms with Gasteiger partial charge in [0.1, 0.15) is 17.5 Å². The molecule has 0 saturated carbocycles. The molecule has 108 valence electrons. The van der Waals surface area contributed by atoms with Crippen LogP contribution in [0.4, 0.5) is 11.6 Å². The Bertz CT molecular complexity index is 409. The third-order valence-corrected chi connectivity index (χ3v) is 3.23. The molecule has 0 aromatic carbocycles. The van der Waals surface area contributed by atoms with Crippen LogP contribution in [0.15, 0.2) is 0 Å². The Kier molecular flexibility index (Phi) is 6.02. The first-order chi connectivity index (χ1) is 9.04. The summed E-state index contributed by atoms with van der Waals surface area (Å²) in [7, 11) is 3.77. The molecule has 0 amide bonds. The average molecular weight is 266 g/mol. The molecule has 0 bridgehead atoms. The molecule has 0 radical (unpaired) electrons. The van der Waals surface area contributed by atoms with Crippen LogP contribution in [-0.2, 0) is 11.2 Å². The zero-order valence-corrected chi connectivity index (χ0v) is 12.9. The van der Waals surface area contributed by atoms with Gasteiger partial charge >= 0.3 is 0 Å². The Hall–Kier alpha value is -1.36. The van der Waals surface area contributed by atoms with E-state index in [-0.39, 0.29) is 6.04 Å². The molecule has 0 aliphatic carbocycles. The van der Waals surface area contributed by atoms with E-state index < -0.39 is 0 Å². The largest absolute Gasteiger partial charge is 0.383 e. The average Bonchev–Trinajstić information content (AvgIpc) is 2.40. The SMILES string of the molecule is CCNc1nc(CC)nc(N(C)C(C)COC)c1C. The van der Waals surface area contributed by atoms with Crippen LogP contribution in [-0.4, -0.2) is 43.3 Å². The van der Waals surface area contributed by atoms with Gasteiger partial charge in [-0.3, -0.25) is 0 Å². The zero-order chi connectivity index (χ0) is 14.4. The summed E-state index contributed by atoms with van der Waals surface area (Å²) >= 11 is 0. The molecule has 0 aliphatic rings. The Morgan fingerprint density at radius 3 is 2.53 bits per heavy atom.